The molecule has 0 saturated carbocycles. The zero-order valence-electron chi connectivity index (χ0n) is 32.9. The lowest BCUT2D eigenvalue weighted by Crippen LogP contribution is -2.08. The Hall–Kier alpha value is -0.920. The molecule has 0 aliphatic rings. The molecule has 2 heteroatoms. The molecule has 0 aromatic heterocycles. The molecule has 0 spiro atoms. The fraction of sp³-hybridized carbons (Fsp3) is 0.900. The Bertz CT molecular complexity index is 494. The number of hydrogen-bond acceptors (Lipinski definition) is 2. The Labute approximate surface area is 270 Å². The van der Waals surface area contributed by atoms with Gasteiger partial charge in [-0.05, 0) is 55.3 Å². The minimum absolute atomic E-state index is 0.0688. The number of allylic oxidation sites excluding steroid dienone is 1. The summed E-state index contributed by atoms with van der Waals surface area (Å²) in [4.78, 5) is 21.3. The highest BCUT2D eigenvalue weighted by atomic mass is 16.1. The highest BCUT2D eigenvalue weighted by Gasteiger charge is 2.10. The highest BCUT2D eigenvalue weighted by molar-refractivity contribution is 5.85. The standard InChI is InChI=1S/C10H22.C8H14O2.C7H16.C7H14.2C4H10/c1-5-7-10(8-6-2)9(3)4;1-6(2)8(10)5-4-7(3)9;2*1-4-5-6-7(2)3;2*1-4(2)3/h9-10H,5-8H2,1-4H3;6H,4-5H2,1-3H3;7H,4-6H2,1-3H3;4,7H,1,5-6H2,2-3H3;2*4H,1-3H3. The van der Waals surface area contributed by atoms with Gasteiger partial charge in [0.15, 0.2) is 0 Å². The smallest absolute Gasteiger partial charge is 0.135 e. The van der Waals surface area contributed by atoms with Crippen LogP contribution in [0.15, 0.2) is 12.7 Å². The first-order valence-electron chi connectivity index (χ1n) is 17.9. The van der Waals surface area contributed by atoms with E-state index in [4.69, 9.17) is 0 Å². The van der Waals surface area contributed by atoms with Crippen LogP contribution in [0, 0.1) is 41.4 Å². The van der Waals surface area contributed by atoms with Crippen molar-refractivity contribution in [1.82, 2.24) is 0 Å². The van der Waals surface area contributed by atoms with E-state index in [2.05, 4.69) is 110 Å². The molecule has 0 atom stereocenters. The van der Waals surface area contributed by atoms with Crippen LogP contribution in [0.2, 0.25) is 0 Å². The van der Waals surface area contributed by atoms with Crippen molar-refractivity contribution in [3.05, 3.63) is 12.7 Å². The van der Waals surface area contributed by atoms with Crippen LogP contribution in [0.5, 0.6) is 0 Å². The summed E-state index contributed by atoms with van der Waals surface area (Å²) in [5, 5.41) is 0. The lowest BCUT2D eigenvalue weighted by molar-refractivity contribution is -0.125. The van der Waals surface area contributed by atoms with Crippen LogP contribution in [-0.4, -0.2) is 11.6 Å². The molecule has 0 aliphatic carbocycles. The van der Waals surface area contributed by atoms with Gasteiger partial charge in [-0.1, -0.05) is 169 Å². The van der Waals surface area contributed by atoms with Crippen molar-refractivity contribution in [1.29, 1.82) is 0 Å². The molecule has 0 fully saturated rings. The first-order valence-corrected chi connectivity index (χ1v) is 17.9. The van der Waals surface area contributed by atoms with Crippen molar-refractivity contribution in [2.45, 2.75) is 195 Å². The SMILES string of the molecule is C=CCCC(C)C.CC(=O)CCC(=O)C(C)C.CC(C)C.CC(C)C.CCCC(CCC)C(C)C.CCCCC(C)C. The van der Waals surface area contributed by atoms with E-state index >= 15 is 0 Å². The van der Waals surface area contributed by atoms with Gasteiger partial charge in [0.2, 0.25) is 0 Å². The van der Waals surface area contributed by atoms with Crippen LogP contribution >= 0.6 is 0 Å². The predicted octanol–water partition coefficient (Wildman–Crippen LogP) is 14.2. The Balaban J connectivity index is -0.0000000957. The number of carbonyl (C=O) groups excluding carboxylic acids is 2. The van der Waals surface area contributed by atoms with Crippen LogP contribution < -0.4 is 0 Å². The first-order chi connectivity index (χ1) is 19.3. The number of rotatable bonds is 15. The molecule has 0 unspecified atom stereocenters. The van der Waals surface area contributed by atoms with Gasteiger partial charge in [-0.2, -0.15) is 0 Å². The van der Waals surface area contributed by atoms with Crippen LogP contribution in [0.3, 0.4) is 0 Å². The maximum Gasteiger partial charge on any atom is 0.135 e. The van der Waals surface area contributed by atoms with Gasteiger partial charge in [0.05, 0.1) is 0 Å². The third kappa shape index (κ3) is 83.3. The monoisotopic (exact) mass is 599 g/mol. The van der Waals surface area contributed by atoms with E-state index < -0.39 is 0 Å². The minimum Gasteiger partial charge on any atom is -0.300 e. The zero-order chi connectivity index (χ0) is 34.7. The molecule has 0 heterocycles. The number of ketones is 2. The predicted molar refractivity (Wildman–Crippen MR) is 198 cm³/mol. The molecule has 0 aliphatic heterocycles. The van der Waals surface area contributed by atoms with Crippen LogP contribution in [-0.2, 0) is 9.59 Å². The average molecular weight is 599 g/mol. The van der Waals surface area contributed by atoms with E-state index in [1.54, 1.807) is 0 Å². The summed E-state index contributed by atoms with van der Waals surface area (Å²) in [6.07, 6.45) is 14.9. The molecule has 0 rings (SSSR count). The van der Waals surface area contributed by atoms with Gasteiger partial charge < -0.3 is 4.79 Å². The van der Waals surface area contributed by atoms with Crippen molar-refractivity contribution < 1.29 is 9.59 Å². The Morgan fingerprint density at radius 3 is 1.14 bits per heavy atom. The molecular weight excluding hydrogens is 512 g/mol. The molecule has 0 amide bonds. The van der Waals surface area contributed by atoms with Crippen molar-refractivity contribution in [3.8, 4) is 0 Å². The fourth-order valence-corrected chi connectivity index (χ4v) is 3.20. The zero-order valence-corrected chi connectivity index (χ0v) is 32.9. The molecule has 0 aromatic rings. The average Bonchev–Trinajstić information content (AvgIpc) is 2.84. The van der Waals surface area contributed by atoms with Gasteiger partial charge in [-0.3, -0.25) is 4.79 Å². The molecule has 0 aromatic carbocycles. The number of Topliss-reactive ketones (excluding diaryl/α,β-unsaturated/α-hetero) is 2. The Kier molecular flexibility index (Phi) is 53.9. The van der Waals surface area contributed by atoms with Crippen molar-refractivity contribution >= 4 is 11.6 Å². The van der Waals surface area contributed by atoms with Crippen molar-refractivity contribution in [2.75, 3.05) is 0 Å². The number of hydrogen-bond donors (Lipinski definition) is 0. The maximum atomic E-state index is 10.9. The third-order valence-corrected chi connectivity index (χ3v) is 5.71. The Morgan fingerprint density at radius 1 is 0.595 bits per heavy atom. The van der Waals surface area contributed by atoms with Gasteiger partial charge >= 0.3 is 0 Å². The van der Waals surface area contributed by atoms with Gasteiger partial charge in [-0.25, -0.2) is 0 Å². The molecule has 42 heavy (non-hydrogen) atoms. The van der Waals surface area contributed by atoms with Gasteiger partial charge in [0.1, 0.15) is 11.6 Å². The van der Waals surface area contributed by atoms with E-state index in [-0.39, 0.29) is 17.5 Å². The molecule has 0 bridgehead atoms. The van der Waals surface area contributed by atoms with E-state index in [0.29, 0.717) is 12.8 Å². The van der Waals surface area contributed by atoms with Crippen LogP contribution in [0.25, 0.3) is 0 Å². The topological polar surface area (TPSA) is 34.1 Å². The summed E-state index contributed by atoms with van der Waals surface area (Å²) in [7, 11) is 0. The molecule has 258 valence electrons. The summed E-state index contributed by atoms with van der Waals surface area (Å²) in [6.45, 7) is 42.3. The van der Waals surface area contributed by atoms with E-state index in [1.165, 1.54) is 58.3 Å². The largest absolute Gasteiger partial charge is 0.300 e. The Morgan fingerprint density at radius 2 is 0.976 bits per heavy atom. The fourth-order valence-electron chi connectivity index (χ4n) is 3.20. The van der Waals surface area contributed by atoms with E-state index in [9.17, 15) is 9.59 Å². The summed E-state index contributed by atoms with van der Waals surface area (Å²) in [5.41, 5.74) is 0. The first kappa shape index (κ1) is 53.6. The van der Waals surface area contributed by atoms with Gasteiger partial charge in [-0.15, -0.1) is 6.58 Å². The van der Waals surface area contributed by atoms with E-state index in [1.807, 2.05) is 19.9 Å². The van der Waals surface area contributed by atoms with Crippen molar-refractivity contribution in [2.24, 2.45) is 41.4 Å². The van der Waals surface area contributed by atoms with Gasteiger partial charge in [0.25, 0.3) is 0 Å². The van der Waals surface area contributed by atoms with Crippen molar-refractivity contribution in [3.63, 3.8) is 0 Å². The molecule has 0 saturated heterocycles. The summed E-state index contributed by atoms with van der Waals surface area (Å²) in [5.74, 6) is 5.61. The second-order valence-electron chi connectivity index (χ2n) is 14.7. The quantitative estimate of drug-likeness (QED) is 0.176. The maximum absolute atomic E-state index is 10.9. The molecular formula is C40H86O2. The normalized spacial score (nSPS) is 10.1. The minimum atomic E-state index is 0.0688. The highest BCUT2D eigenvalue weighted by Crippen LogP contribution is 2.21. The summed E-state index contributed by atoms with van der Waals surface area (Å²) >= 11 is 0. The van der Waals surface area contributed by atoms with Crippen LogP contribution in [0.4, 0.5) is 0 Å². The molecule has 0 radical (unpaired) electrons. The molecule has 2 nitrogen and oxygen atoms in total. The second kappa shape index (κ2) is 42.2. The van der Waals surface area contributed by atoms with Gasteiger partial charge in [0, 0.05) is 18.8 Å². The van der Waals surface area contributed by atoms with E-state index in [0.717, 1.165) is 41.9 Å². The summed E-state index contributed by atoms with van der Waals surface area (Å²) in [6, 6.07) is 0. The summed E-state index contributed by atoms with van der Waals surface area (Å²) < 4.78 is 0. The number of unbranched alkanes of at least 4 members (excludes halogenated alkanes) is 1. The molecule has 0 N–H and O–H groups in total. The number of carbonyl (C=O) groups is 2. The lowest BCUT2D eigenvalue weighted by Gasteiger charge is -2.18. The van der Waals surface area contributed by atoms with Crippen LogP contribution in [0.1, 0.15) is 195 Å². The second-order valence-corrected chi connectivity index (χ2v) is 14.7. The third-order valence-electron chi connectivity index (χ3n) is 5.71. The lowest BCUT2D eigenvalue weighted by atomic mass is 9.88.